The van der Waals surface area contributed by atoms with Gasteiger partial charge in [0.05, 0.1) is 23.7 Å². The van der Waals surface area contributed by atoms with Gasteiger partial charge in [0.2, 0.25) is 5.91 Å². The third-order valence-electron chi connectivity index (χ3n) is 5.32. The quantitative estimate of drug-likeness (QED) is 0.310. The minimum atomic E-state index is -0.224. The molecule has 1 amide bonds. The Morgan fingerprint density at radius 3 is 2.65 bits per heavy atom. The van der Waals surface area contributed by atoms with Crippen LogP contribution in [-0.2, 0) is 11.3 Å². The molecule has 3 aromatic carbocycles. The Morgan fingerprint density at radius 2 is 1.84 bits per heavy atom. The Hall–Kier alpha value is -3.60. The number of benzene rings is 3. The Labute approximate surface area is 182 Å². The molecule has 4 rings (SSSR count). The van der Waals surface area contributed by atoms with Crippen LogP contribution in [0.25, 0.3) is 21.8 Å². The number of aryl methyl sites for hydroxylation is 1. The van der Waals surface area contributed by atoms with E-state index in [1.165, 1.54) is 10.8 Å². The van der Waals surface area contributed by atoms with E-state index >= 15 is 0 Å². The van der Waals surface area contributed by atoms with Gasteiger partial charge in [-0.25, -0.2) is 4.98 Å². The number of nitrogens with one attached hydrogen (secondary N) is 1. The number of nitrogens with zero attached hydrogens (tertiary/aromatic N) is 2. The zero-order chi connectivity index (χ0) is 21.8. The highest BCUT2D eigenvalue weighted by atomic mass is 16.5. The number of rotatable bonds is 8. The first kappa shape index (κ1) is 20.7. The minimum absolute atomic E-state index is 0.161. The highest BCUT2D eigenvalue weighted by Crippen LogP contribution is 2.23. The molecule has 31 heavy (non-hydrogen) atoms. The van der Waals surface area contributed by atoms with Gasteiger partial charge in [0, 0.05) is 12.1 Å². The lowest BCUT2D eigenvalue weighted by atomic mass is 10.1. The van der Waals surface area contributed by atoms with E-state index in [0.29, 0.717) is 12.2 Å². The van der Waals surface area contributed by atoms with E-state index in [4.69, 9.17) is 9.72 Å². The Bertz CT molecular complexity index is 1240. The van der Waals surface area contributed by atoms with Gasteiger partial charge in [0.15, 0.2) is 0 Å². The number of amides is 1. The van der Waals surface area contributed by atoms with Crippen molar-refractivity contribution in [3.8, 4) is 5.75 Å². The summed E-state index contributed by atoms with van der Waals surface area (Å²) in [5.74, 6) is 1.55. The maximum Gasteiger partial charge on any atom is 0.246 e. The SMILES string of the molecule is C=C(C)C(=O)NC(C)c1nc2ccccc2n1CCCOc1ccc2ccccc2c1. The van der Waals surface area contributed by atoms with Crippen LogP contribution in [0.2, 0.25) is 0 Å². The second-order valence-corrected chi connectivity index (χ2v) is 7.80. The molecule has 1 heterocycles. The van der Waals surface area contributed by atoms with Gasteiger partial charge in [-0.05, 0) is 55.3 Å². The molecular formula is C26H27N3O2. The first-order chi connectivity index (χ1) is 15.0. The van der Waals surface area contributed by atoms with Crippen LogP contribution in [0.3, 0.4) is 0 Å². The van der Waals surface area contributed by atoms with E-state index in [1.54, 1.807) is 6.92 Å². The van der Waals surface area contributed by atoms with Crippen molar-refractivity contribution in [2.75, 3.05) is 6.61 Å². The molecule has 0 saturated carbocycles. The number of hydrogen-bond donors (Lipinski definition) is 1. The molecule has 1 unspecified atom stereocenters. The molecular weight excluding hydrogens is 386 g/mol. The molecule has 0 bridgehead atoms. The fraction of sp³-hybridized carbons (Fsp3) is 0.231. The molecule has 0 spiro atoms. The van der Waals surface area contributed by atoms with Gasteiger partial charge < -0.3 is 14.6 Å². The van der Waals surface area contributed by atoms with E-state index < -0.39 is 0 Å². The van der Waals surface area contributed by atoms with Gasteiger partial charge in [-0.2, -0.15) is 0 Å². The fourth-order valence-corrected chi connectivity index (χ4v) is 3.71. The van der Waals surface area contributed by atoms with E-state index in [-0.39, 0.29) is 11.9 Å². The van der Waals surface area contributed by atoms with Crippen LogP contribution in [0.1, 0.15) is 32.1 Å². The highest BCUT2D eigenvalue weighted by molar-refractivity contribution is 5.92. The maximum absolute atomic E-state index is 12.1. The molecule has 0 saturated heterocycles. The minimum Gasteiger partial charge on any atom is -0.494 e. The Morgan fingerprint density at radius 1 is 1.10 bits per heavy atom. The summed E-state index contributed by atoms with van der Waals surface area (Å²) >= 11 is 0. The normalized spacial score (nSPS) is 12.1. The zero-order valence-electron chi connectivity index (χ0n) is 18.0. The summed E-state index contributed by atoms with van der Waals surface area (Å²) in [5.41, 5.74) is 2.46. The topological polar surface area (TPSA) is 56.2 Å². The second kappa shape index (κ2) is 9.04. The van der Waals surface area contributed by atoms with Crippen LogP contribution >= 0.6 is 0 Å². The Balaban J connectivity index is 1.46. The van der Waals surface area contributed by atoms with Crippen LogP contribution < -0.4 is 10.1 Å². The number of carbonyl (C=O) groups is 1. The zero-order valence-corrected chi connectivity index (χ0v) is 18.0. The summed E-state index contributed by atoms with van der Waals surface area (Å²) < 4.78 is 8.17. The number of para-hydroxylation sites is 2. The van der Waals surface area contributed by atoms with Crippen molar-refractivity contribution in [1.82, 2.24) is 14.9 Å². The van der Waals surface area contributed by atoms with Crippen molar-refractivity contribution in [1.29, 1.82) is 0 Å². The van der Waals surface area contributed by atoms with E-state index in [2.05, 4.69) is 46.8 Å². The summed E-state index contributed by atoms with van der Waals surface area (Å²) in [5, 5.41) is 5.35. The Kier molecular flexibility index (Phi) is 6.03. The lowest BCUT2D eigenvalue weighted by Crippen LogP contribution is -2.29. The molecule has 5 heteroatoms. The third kappa shape index (κ3) is 4.61. The van der Waals surface area contributed by atoms with E-state index in [0.717, 1.165) is 35.6 Å². The largest absolute Gasteiger partial charge is 0.494 e. The first-order valence-electron chi connectivity index (χ1n) is 10.6. The van der Waals surface area contributed by atoms with Crippen LogP contribution in [0.5, 0.6) is 5.75 Å². The number of aromatic nitrogens is 2. The van der Waals surface area contributed by atoms with Crippen molar-refractivity contribution in [3.05, 3.63) is 84.7 Å². The summed E-state index contributed by atoms with van der Waals surface area (Å²) in [6.07, 6.45) is 0.821. The summed E-state index contributed by atoms with van der Waals surface area (Å²) in [7, 11) is 0. The van der Waals surface area contributed by atoms with Gasteiger partial charge >= 0.3 is 0 Å². The van der Waals surface area contributed by atoms with Crippen molar-refractivity contribution < 1.29 is 9.53 Å². The van der Waals surface area contributed by atoms with Crippen LogP contribution in [0, 0.1) is 0 Å². The maximum atomic E-state index is 12.1. The van der Waals surface area contributed by atoms with Gasteiger partial charge in [-0.1, -0.05) is 49.0 Å². The van der Waals surface area contributed by atoms with E-state index in [1.807, 2.05) is 43.3 Å². The summed E-state index contributed by atoms with van der Waals surface area (Å²) in [6, 6.07) is 22.2. The predicted octanol–water partition coefficient (Wildman–Crippen LogP) is 5.41. The standard InChI is InChI=1S/C26H27N3O2/c1-18(2)26(30)27-19(3)25-28-23-11-6-7-12-24(23)29(25)15-8-16-31-22-14-13-20-9-4-5-10-21(20)17-22/h4-7,9-14,17,19H,1,8,15-16H2,2-3H3,(H,27,30). The molecule has 1 N–H and O–H groups in total. The first-order valence-corrected chi connectivity index (χ1v) is 10.6. The van der Waals surface area contributed by atoms with Crippen LogP contribution in [0.4, 0.5) is 0 Å². The number of hydrogen-bond acceptors (Lipinski definition) is 3. The fourth-order valence-electron chi connectivity index (χ4n) is 3.71. The van der Waals surface area contributed by atoms with Gasteiger partial charge in [-0.15, -0.1) is 0 Å². The molecule has 1 aromatic heterocycles. The molecule has 4 aromatic rings. The van der Waals surface area contributed by atoms with Gasteiger partial charge in [-0.3, -0.25) is 4.79 Å². The lowest BCUT2D eigenvalue weighted by molar-refractivity contribution is -0.118. The highest BCUT2D eigenvalue weighted by Gasteiger charge is 2.18. The second-order valence-electron chi connectivity index (χ2n) is 7.80. The van der Waals surface area contributed by atoms with Crippen molar-refractivity contribution in [2.45, 2.75) is 32.9 Å². The molecule has 0 aliphatic rings. The van der Waals surface area contributed by atoms with Crippen LogP contribution in [-0.4, -0.2) is 22.1 Å². The lowest BCUT2D eigenvalue weighted by Gasteiger charge is -2.16. The predicted molar refractivity (Wildman–Crippen MR) is 125 cm³/mol. The molecule has 5 nitrogen and oxygen atoms in total. The number of carbonyl (C=O) groups excluding carboxylic acids is 1. The van der Waals surface area contributed by atoms with Gasteiger partial charge in [0.25, 0.3) is 0 Å². The average Bonchev–Trinajstić information content (AvgIpc) is 3.15. The van der Waals surface area contributed by atoms with Gasteiger partial charge in [0.1, 0.15) is 11.6 Å². The smallest absolute Gasteiger partial charge is 0.246 e. The van der Waals surface area contributed by atoms with E-state index in [9.17, 15) is 4.79 Å². The van der Waals surface area contributed by atoms with Crippen molar-refractivity contribution in [3.63, 3.8) is 0 Å². The van der Waals surface area contributed by atoms with Crippen LogP contribution in [0.15, 0.2) is 78.9 Å². The number of ether oxygens (including phenoxy) is 1. The number of imidazole rings is 1. The summed E-state index contributed by atoms with van der Waals surface area (Å²) in [4.78, 5) is 16.9. The molecule has 1 atom stereocenters. The molecule has 0 aliphatic heterocycles. The van der Waals surface area contributed by atoms with Crippen molar-refractivity contribution in [2.24, 2.45) is 0 Å². The third-order valence-corrected chi connectivity index (χ3v) is 5.32. The molecule has 0 aliphatic carbocycles. The monoisotopic (exact) mass is 413 g/mol. The molecule has 0 fully saturated rings. The average molecular weight is 414 g/mol. The summed E-state index contributed by atoms with van der Waals surface area (Å²) in [6.45, 7) is 8.71. The number of fused-ring (bicyclic) bond motifs is 2. The molecule has 158 valence electrons. The van der Waals surface area contributed by atoms with Crippen molar-refractivity contribution >= 4 is 27.7 Å². The molecule has 0 radical (unpaired) electrons.